The minimum atomic E-state index is -3.75. The van der Waals surface area contributed by atoms with Gasteiger partial charge >= 0.3 is 6.09 Å². The molecule has 10 heteroatoms. The van der Waals surface area contributed by atoms with Crippen LogP contribution in [-0.2, 0) is 24.3 Å². The highest BCUT2D eigenvalue weighted by Gasteiger charge is 2.46. The zero-order valence-electron chi connectivity index (χ0n) is 13.7. The highest BCUT2D eigenvalue weighted by Crippen LogP contribution is 2.29. The molecule has 0 saturated carbocycles. The Morgan fingerprint density at radius 2 is 1.96 bits per heavy atom. The number of amides is 3. The highest BCUT2D eigenvalue weighted by atomic mass is 32.2. The lowest BCUT2D eigenvalue weighted by Gasteiger charge is -2.40. The van der Waals surface area contributed by atoms with Gasteiger partial charge in [-0.3, -0.25) is 9.59 Å². The number of carbonyl (C=O) groups excluding carboxylic acids is 3. The molecule has 0 aromatic heterocycles. The summed E-state index contributed by atoms with van der Waals surface area (Å²) in [4.78, 5) is 35.3. The Bertz CT molecular complexity index is 844. The molecule has 2 heterocycles. The smallest absolute Gasteiger partial charge is 0.417 e. The van der Waals surface area contributed by atoms with E-state index in [1.807, 2.05) is 0 Å². The molecule has 134 valence electrons. The van der Waals surface area contributed by atoms with Crippen LogP contribution in [0.1, 0.15) is 12.5 Å². The monoisotopic (exact) mass is 367 g/mol. The number of ether oxygens (including phenoxy) is 1. The van der Waals surface area contributed by atoms with Crippen molar-refractivity contribution in [3.05, 3.63) is 23.8 Å². The zero-order valence-corrected chi connectivity index (χ0v) is 14.5. The number of sulfonamides is 1. The molecule has 1 N–H and O–H groups in total. The number of anilines is 1. The van der Waals surface area contributed by atoms with E-state index in [4.69, 9.17) is 0 Å². The van der Waals surface area contributed by atoms with Crippen molar-refractivity contribution < 1.29 is 27.5 Å². The van der Waals surface area contributed by atoms with Crippen LogP contribution in [0.4, 0.5) is 10.5 Å². The number of nitrogens with one attached hydrogen (secondary N) is 1. The fourth-order valence-electron chi connectivity index (χ4n) is 2.85. The summed E-state index contributed by atoms with van der Waals surface area (Å²) >= 11 is 0. The van der Waals surface area contributed by atoms with Crippen LogP contribution in [0.2, 0.25) is 0 Å². The van der Waals surface area contributed by atoms with Crippen LogP contribution in [0, 0.1) is 6.92 Å². The summed E-state index contributed by atoms with van der Waals surface area (Å²) in [6, 6.07) is 4.02. The van der Waals surface area contributed by atoms with Gasteiger partial charge < -0.3 is 10.1 Å². The summed E-state index contributed by atoms with van der Waals surface area (Å²) < 4.78 is 31.3. The van der Waals surface area contributed by atoms with E-state index in [9.17, 15) is 22.8 Å². The van der Waals surface area contributed by atoms with Crippen LogP contribution in [0.5, 0.6) is 0 Å². The van der Waals surface area contributed by atoms with Gasteiger partial charge in [-0.1, -0.05) is 0 Å². The molecule has 2 saturated heterocycles. The van der Waals surface area contributed by atoms with E-state index in [1.165, 1.54) is 23.4 Å². The second-order valence-electron chi connectivity index (χ2n) is 5.96. The molecule has 0 aliphatic carbocycles. The van der Waals surface area contributed by atoms with Crippen molar-refractivity contribution >= 4 is 33.6 Å². The number of carbonyl (C=O) groups is 3. The van der Waals surface area contributed by atoms with Crippen LogP contribution in [0.3, 0.4) is 0 Å². The lowest BCUT2D eigenvalue weighted by atomic mass is 10.1. The van der Waals surface area contributed by atoms with Crippen molar-refractivity contribution in [3.63, 3.8) is 0 Å². The maximum atomic E-state index is 12.7. The first-order valence-electron chi connectivity index (χ1n) is 7.57. The van der Waals surface area contributed by atoms with E-state index in [0.717, 1.165) is 4.90 Å². The predicted molar refractivity (Wildman–Crippen MR) is 86.2 cm³/mol. The van der Waals surface area contributed by atoms with Crippen LogP contribution in [0.15, 0.2) is 23.1 Å². The molecular formula is C15H17N3O6S. The Labute approximate surface area is 144 Å². The van der Waals surface area contributed by atoms with Gasteiger partial charge in [-0.2, -0.15) is 4.31 Å². The van der Waals surface area contributed by atoms with E-state index in [2.05, 4.69) is 10.1 Å². The standard InChI is InChI=1S/C15H17N3O6S/c1-9-5-11(16-10(2)19)3-4-13(9)25(22,23)17-6-12(7-17)18-14(20)8-24-15(18)21/h3-5,12H,6-8H2,1-2H3,(H,16,19). The molecule has 1 aromatic carbocycles. The number of hydrogen-bond donors (Lipinski definition) is 1. The molecule has 3 rings (SSSR count). The van der Waals surface area contributed by atoms with Gasteiger partial charge in [0.15, 0.2) is 6.61 Å². The Morgan fingerprint density at radius 3 is 2.48 bits per heavy atom. The van der Waals surface area contributed by atoms with E-state index in [1.54, 1.807) is 13.0 Å². The quantitative estimate of drug-likeness (QED) is 0.819. The Balaban J connectivity index is 1.74. The highest BCUT2D eigenvalue weighted by molar-refractivity contribution is 7.89. The van der Waals surface area contributed by atoms with E-state index in [0.29, 0.717) is 11.3 Å². The number of benzene rings is 1. The van der Waals surface area contributed by atoms with Crippen LogP contribution in [0.25, 0.3) is 0 Å². The first-order chi connectivity index (χ1) is 11.7. The molecule has 0 spiro atoms. The van der Waals surface area contributed by atoms with Gasteiger partial charge in [-0.15, -0.1) is 0 Å². The molecule has 2 aliphatic rings. The summed E-state index contributed by atoms with van der Waals surface area (Å²) in [5.41, 5.74) is 1.00. The number of imide groups is 1. The summed E-state index contributed by atoms with van der Waals surface area (Å²) in [7, 11) is -3.75. The molecule has 3 amide bonds. The molecule has 9 nitrogen and oxygen atoms in total. The van der Waals surface area contributed by atoms with Crippen LogP contribution in [-0.4, -0.2) is 61.3 Å². The summed E-state index contributed by atoms with van der Waals surface area (Å²) in [6.07, 6.45) is -0.733. The first kappa shape index (κ1) is 17.4. The van der Waals surface area contributed by atoms with Crippen molar-refractivity contribution in [2.45, 2.75) is 24.8 Å². The normalized spacial score (nSPS) is 18.9. The lowest BCUT2D eigenvalue weighted by molar-refractivity contribution is -0.128. The topological polar surface area (TPSA) is 113 Å². The average Bonchev–Trinajstić information content (AvgIpc) is 2.77. The third-order valence-electron chi connectivity index (χ3n) is 4.09. The molecular weight excluding hydrogens is 350 g/mol. The minimum absolute atomic E-state index is 0.0378. The zero-order chi connectivity index (χ0) is 18.4. The number of hydrogen-bond acceptors (Lipinski definition) is 6. The van der Waals surface area contributed by atoms with E-state index >= 15 is 0 Å². The van der Waals surface area contributed by atoms with Gasteiger partial charge in [0.05, 0.1) is 10.9 Å². The van der Waals surface area contributed by atoms with E-state index < -0.39 is 28.1 Å². The van der Waals surface area contributed by atoms with Gasteiger partial charge in [-0.05, 0) is 30.7 Å². The van der Waals surface area contributed by atoms with Gasteiger partial charge in [0, 0.05) is 25.7 Å². The largest absolute Gasteiger partial charge is 0.439 e. The number of rotatable bonds is 4. The summed E-state index contributed by atoms with van der Waals surface area (Å²) in [6.45, 7) is 2.78. The van der Waals surface area contributed by atoms with Crippen LogP contribution < -0.4 is 5.32 Å². The number of aryl methyl sites for hydroxylation is 1. The lowest BCUT2D eigenvalue weighted by Crippen LogP contribution is -2.62. The number of cyclic esters (lactones) is 1. The Morgan fingerprint density at radius 1 is 1.28 bits per heavy atom. The van der Waals surface area contributed by atoms with Gasteiger partial charge in [-0.25, -0.2) is 18.1 Å². The van der Waals surface area contributed by atoms with Crippen molar-refractivity contribution in [2.75, 3.05) is 25.0 Å². The average molecular weight is 367 g/mol. The van der Waals surface area contributed by atoms with Gasteiger partial charge in [0.1, 0.15) is 0 Å². The molecule has 1 aromatic rings. The van der Waals surface area contributed by atoms with Crippen LogP contribution >= 0.6 is 0 Å². The molecule has 0 unspecified atom stereocenters. The SMILES string of the molecule is CC(=O)Nc1ccc(S(=O)(=O)N2CC(N3C(=O)COC3=O)C2)c(C)c1. The molecule has 2 fully saturated rings. The number of nitrogens with zero attached hydrogens (tertiary/aromatic N) is 2. The molecule has 2 aliphatic heterocycles. The van der Waals surface area contributed by atoms with Gasteiger partial charge in [0.2, 0.25) is 15.9 Å². The van der Waals surface area contributed by atoms with Crippen molar-refractivity contribution in [1.82, 2.24) is 9.21 Å². The third-order valence-corrected chi connectivity index (χ3v) is 6.08. The Kier molecular flexibility index (Phi) is 4.25. The van der Waals surface area contributed by atoms with Crippen molar-refractivity contribution in [1.29, 1.82) is 0 Å². The fourth-order valence-corrected chi connectivity index (χ4v) is 4.57. The summed E-state index contributed by atoms with van der Waals surface area (Å²) in [5.74, 6) is -0.703. The maximum Gasteiger partial charge on any atom is 0.417 e. The third kappa shape index (κ3) is 3.10. The summed E-state index contributed by atoms with van der Waals surface area (Å²) in [5, 5.41) is 2.59. The van der Waals surface area contributed by atoms with Crippen molar-refractivity contribution in [2.24, 2.45) is 0 Å². The fraction of sp³-hybridized carbons (Fsp3) is 0.400. The van der Waals surface area contributed by atoms with Crippen molar-refractivity contribution in [3.8, 4) is 0 Å². The second-order valence-corrected chi connectivity index (χ2v) is 7.86. The first-order valence-corrected chi connectivity index (χ1v) is 9.01. The van der Waals surface area contributed by atoms with E-state index in [-0.39, 0.29) is 30.5 Å². The van der Waals surface area contributed by atoms with Gasteiger partial charge in [0.25, 0.3) is 5.91 Å². The maximum absolute atomic E-state index is 12.7. The molecule has 0 bridgehead atoms. The molecule has 25 heavy (non-hydrogen) atoms. The second kappa shape index (κ2) is 6.12. The molecule has 0 atom stereocenters. The predicted octanol–water partition coefficient (Wildman–Crippen LogP) is 0.305. The molecule has 0 radical (unpaired) electrons. The minimum Gasteiger partial charge on any atom is -0.439 e. The Hall–Kier alpha value is -2.46.